The fourth-order valence-corrected chi connectivity index (χ4v) is 2.65. The first kappa shape index (κ1) is 15.1. The largest absolute Gasteiger partial charge is 0.326 e. The van der Waals surface area contributed by atoms with E-state index in [0.717, 1.165) is 22.6 Å². The molecule has 1 N–H and O–H groups in total. The molecule has 0 radical (unpaired) electrons. The highest BCUT2D eigenvalue weighted by Crippen LogP contribution is 2.16. The molecule has 1 aromatic carbocycles. The second-order valence-corrected chi connectivity index (χ2v) is 5.55. The average Bonchev–Trinajstić information content (AvgIpc) is 2.88. The smallest absolute Gasteiger partial charge is 0.252 e. The molecule has 3 aromatic rings. The summed E-state index contributed by atoms with van der Waals surface area (Å²) in [6.45, 7) is 5.78. The van der Waals surface area contributed by atoms with Gasteiger partial charge in [0.25, 0.3) is 5.78 Å². The van der Waals surface area contributed by atoms with E-state index in [-0.39, 0.29) is 5.91 Å². The topological polar surface area (TPSA) is 72.2 Å². The highest BCUT2D eigenvalue weighted by Gasteiger charge is 2.13. The number of hydrogen-bond donors (Lipinski definition) is 1. The summed E-state index contributed by atoms with van der Waals surface area (Å²) < 4.78 is 1.74. The number of fused-ring (bicyclic) bond motifs is 1. The van der Waals surface area contributed by atoms with E-state index < -0.39 is 0 Å². The van der Waals surface area contributed by atoms with E-state index in [0.29, 0.717) is 24.4 Å². The number of hydrogen-bond acceptors (Lipinski definition) is 4. The zero-order valence-electron chi connectivity index (χ0n) is 13.5. The quantitative estimate of drug-likeness (QED) is 0.804. The number of amides is 1. The Bertz CT molecular complexity index is 854. The van der Waals surface area contributed by atoms with Crippen molar-refractivity contribution in [1.82, 2.24) is 19.6 Å². The molecular formula is C17H19N5O. The third-order valence-corrected chi connectivity index (χ3v) is 3.81. The van der Waals surface area contributed by atoms with Crippen LogP contribution in [0.5, 0.6) is 0 Å². The number of para-hydroxylation sites is 1. The van der Waals surface area contributed by atoms with Crippen LogP contribution >= 0.6 is 0 Å². The summed E-state index contributed by atoms with van der Waals surface area (Å²) >= 11 is 0. The average molecular weight is 309 g/mol. The predicted molar refractivity (Wildman–Crippen MR) is 88.4 cm³/mol. The lowest BCUT2D eigenvalue weighted by Crippen LogP contribution is -2.14. The maximum atomic E-state index is 12.1. The second kappa shape index (κ2) is 6.16. The number of benzene rings is 1. The van der Waals surface area contributed by atoms with Crippen molar-refractivity contribution in [3.63, 3.8) is 0 Å². The SMILES string of the molecule is Cc1nc2nc(C)c(CCC(=O)Nc3ccccc3)c(C)n2n1. The number of carbonyl (C=O) groups is 1. The van der Waals surface area contributed by atoms with Gasteiger partial charge < -0.3 is 5.32 Å². The van der Waals surface area contributed by atoms with Crippen molar-refractivity contribution in [2.45, 2.75) is 33.6 Å². The van der Waals surface area contributed by atoms with Crippen LogP contribution in [0.25, 0.3) is 5.78 Å². The fourth-order valence-electron chi connectivity index (χ4n) is 2.65. The molecule has 0 atom stereocenters. The lowest BCUT2D eigenvalue weighted by molar-refractivity contribution is -0.116. The Balaban J connectivity index is 1.75. The Morgan fingerprint density at radius 1 is 1.13 bits per heavy atom. The van der Waals surface area contributed by atoms with E-state index in [2.05, 4.69) is 20.4 Å². The van der Waals surface area contributed by atoms with Crippen LogP contribution in [0.15, 0.2) is 30.3 Å². The normalized spacial score (nSPS) is 10.9. The predicted octanol–water partition coefficient (Wildman–Crippen LogP) is 2.62. The second-order valence-electron chi connectivity index (χ2n) is 5.55. The molecule has 6 heteroatoms. The van der Waals surface area contributed by atoms with Gasteiger partial charge in [-0.25, -0.2) is 9.50 Å². The van der Waals surface area contributed by atoms with Gasteiger partial charge in [0.2, 0.25) is 5.91 Å². The Kier molecular flexibility index (Phi) is 4.06. The molecule has 3 rings (SSSR count). The van der Waals surface area contributed by atoms with E-state index in [1.165, 1.54) is 0 Å². The van der Waals surface area contributed by atoms with Gasteiger partial charge in [0, 0.05) is 23.5 Å². The number of nitrogens with zero attached hydrogens (tertiary/aromatic N) is 4. The van der Waals surface area contributed by atoms with Gasteiger partial charge in [-0.15, -0.1) is 0 Å². The molecule has 0 bridgehead atoms. The Morgan fingerprint density at radius 3 is 2.61 bits per heavy atom. The van der Waals surface area contributed by atoms with Crippen molar-refractivity contribution in [2.75, 3.05) is 5.32 Å². The van der Waals surface area contributed by atoms with Gasteiger partial charge in [0.05, 0.1) is 0 Å². The van der Waals surface area contributed by atoms with Crippen LogP contribution in [-0.4, -0.2) is 25.5 Å². The van der Waals surface area contributed by atoms with Crippen LogP contribution in [-0.2, 0) is 11.2 Å². The van der Waals surface area contributed by atoms with E-state index in [9.17, 15) is 4.79 Å². The number of rotatable bonds is 4. The molecule has 0 aliphatic rings. The summed E-state index contributed by atoms with van der Waals surface area (Å²) in [5.41, 5.74) is 3.74. The van der Waals surface area contributed by atoms with Gasteiger partial charge in [-0.2, -0.15) is 10.1 Å². The number of carbonyl (C=O) groups excluding carboxylic acids is 1. The first-order valence-corrected chi connectivity index (χ1v) is 7.59. The Hall–Kier alpha value is -2.76. The van der Waals surface area contributed by atoms with Gasteiger partial charge >= 0.3 is 0 Å². The van der Waals surface area contributed by atoms with Crippen LogP contribution in [0.3, 0.4) is 0 Å². The van der Waals surface area contributed by atoms with Crippen LogP contribution < -0.4 is 5.32 Å². The lowest BCUT2D eigenvalue weighted by atomic mass is 10.1. The van der Waals surface area contributed by atoms with Crippen molar-refractivity contribution < 1.29 is 4.79 Å². The molecule has 0 saturated heterocycles. The molecule has 1 amide bonds. The van der Waals surface area contributed by atoms with Crippen molar-refractivity contribution >= 4 is 17.4 Å². The van der Waals surface area contributed by atoms with Gasteiger partial charge in [-0.1, -0.05) is 18.2 Å². The molecule has 118 valence electrons. The minimum absolute atomic E-state index is 0.00938. The van der Waals surface area contributed by atoms with Crippen LogP contribution in [0, 0.1) is 20.8 Å². The van der Waals surface area contributed by atoms with Crippen LogP contribution in [0.1, 0.15) is 29.2 Å². The standard InChI is InChI=1S/C17H19N5O/c1-11-15(12(2)22-17(18-11)19-13(3)21-22)9-10-16(23)20-14-7-5-4-6-8-14/h4-8H,9-10H2,1-3H3,(H,20,23). The molecule has 2 aromatic heterocycles. The Labute approximate surface area is 134 Å². The fraction of sp³-hybridized carbons (Fsp3) is 0.294. The zero-order chi connectivity index (χ0) is 16.4. The summed E-state index contributed by atoms with van der Waals surface area (Å²) in [7, 11) is 0. The van der Waals surface area contributed by atoms with Crippen molar-refractivity contribution in [3.05, 3.63) is 53.1 Å². The van der Waals surface area contributed by atoms with E-state index in [4.69, 9.17) is 0 Å². The zero-order valence-corrected chi connectivity index (χ0v) is 13.5. The summed E-state index contributed by atoms with van der Waals surface area (Å²) in [4.78, 5) is 20.9. The summed E-state index contributed by atoms with van der Waals surface area (Å²) in [6.07, 6.45) is 1.02. The van der Waals surface area contributed by atoms with E-state index in [1.54, 1.807) is 4.52 Å². The molecular weight excluding hydrogens is 290 g/mol. The third kappa shape index (κ3) is 3.21. The van der Waals surface area contributed by atoms with Gasteiger partial charge in [-0.3, -0.25) is 4.79 Å². The molecule has 0 aliphatic carbocycles. The van der Waals surface area contributed by atoms with E-state index in [1.807, 2.05) is 51.1 Å². The molecule has 0 aliphatic heterocycles. The van der Waals surface area contributed by atoms with Gasteiger partial charge in [0.15, 0.2) is 0 Å². The molecule has 0 unspecified atom stereocenters. The van der Waals surface area contributed by atoms with Crippen molar-refractivity contribution in [3.8, 4) is 0 Å². The van der Waals surface area contributed by atoms with Crippen LogP contribution in [0.2, 0.25) is 0 Å². The first-order chi connectivity index (χ1) is 11.0. The molecule has 2 heterocycles. The minimum Gasteiger partial charge on any atom is -0.326 e. The maximum Gasteiger partial charge on any atom is 0.252 e. The molecule has 0 saturated carbocycles. The minimum atomic E-state index is -0.00938. The summed E-state index contributed by atoms with van der Waals surface area (Å²) in [5.74, 6) is 1.29. The number of aromatic nitrogens is 4. The number of nitrogens with one attached hydrogen (secondary N) is 1. The molecule has 0 fully saturated rings. The number of anilines is 1. The maximum absolute atomic E-state index is 12.1. The Morgan fingerprint density at radius 2 is 1.87 bits per heavy atom. The van der Waals surface area contributed by atoms with Crippen LogP contribution in [0.4, 0.5) is 5.69 Å². The summed E-state index contributed by atoms with van der Waals surface area (Å²) in [5, 5.41) is 7.25. The summed E-state index contributed by atoms with van der Waals surface area (Å²) in [6, 6.07) is 9.47. The third-order valence-electron chi connectivity index (χ3n) is 3.81. The van der Waals surface area contributed by atoms with Crippen molar-refractivity contribution in [2.24, 2.45) is 0 Å². The van der Waals surface area contributed by atoms with Gasteiger partial charge in [-0.05, 0) is 44.9 Å². The van der Waals surface area contributed by atoms with E-state index >= 15 is 0 Å². The highest BCUT2D eigenvalue weighted by atomic mass is 16.1. The number of aryl methyl sites for hydroxylation is 3. The molecule has 23 heavy (non-hydrogen) atoms. The molecule has 0 spiro atoms. The highest BCUT2D eigenvalue weighted by molar-refractivity contribution is 5.90. The first-order valence-electron chi connectivity index (χ1n) is 7.59. The lowest BCUT2D eigenvalue weighted by Gasteiger charge is -2.10. The molecule has 6 nitrogen and oxygen atoms in total. The van der Waals surface area contributed by atoms with Crippen molar-refractivity contribution in [1.29, 1.82) is 0 Å². The van der Waals surface area contributed by atoms with Gasteiger partial charge in [0.1, 0.15) is 5.82 Å². The monoisotopic (exact) mass is 309 g/mol.